The summed E-state index contributed by atoms with van der Waals surface area (Å²) in [6, 6.07) is 7.53. The number of hydrogen-bond donors (Lipinski definition) is 1. The second-order valence-corrected chi connectivity index (χ2v) is 9.07. The second-order valence-electron chi connectivity index (χ2n) is 6.09. The van der Waals surface area contributed by atoms with E-state index in [1.165, 1.54) is 31.3 Å². The van der Waals surface area contributed by atoms with Crippen LogP contribution in [0.25, 0.3) is 0 Å². The number of aryl methyl sites for hydroxylation is 2. The van der Waals surface area contributed by atoms with Gasteiger partial charge in [0.2, 0.25) is 15.9 Å². The Morgan fingerprint density at radius 1 is 1.30 bits per heavy atom. The lowest BCUT2D eigenvalue weighted by Crippen LogP contribution is -2.38. The first-order valence-corrected chi connectivity index (χ1v) is 10.8. The number of carbonyl (C=O) groups excluding carboxylic acids is 1. The van der Waals surface area contributed by atoms with Gasteiger partial charge in [-0.25, -0.2) is 13.4 Å². The first-order valence-electron chi connectivity index (χ1n) is 8.47. The Labute approximate surface area is 163 Å². The monoisotopic (exact) mass is 406 g/mol. The highest BCUT2D eigenvalue weighted by Crippen LogP contribution is 2.15. The van der Waals surface area contributed by atoms with Crippen LogP contribution < -0.4 is 5.32 Å². The zero-order valence-corrected chi connectivity index (χ0v) is 16.9. The average molecular weight is 407 g/mol. The number of nitrogens with one attached hydrogen (secondary N) is 1. The summed E-state index contributed by atoms with van der Waals surface area (Å²) in [6.07, 6.45) is 2.59. The standard InChI is InChI=1S/C18H22N4O3S2/c1-14-13-26-18(21-14)5-3-4-10-20-17(23)12-22(2)27(24,25)16-8-6-15(11-19)7-9-16/h6-9,13H,3-5,10,12H2,1-2H3,(H,20,23). The highest BCUT2D eigenvalue weighted by molar-refractivity contribution is 7.89. The predicted molar refractivity (Wildman–Crippen MR) is 104 cm³/mol. The lowest BCUT2D eigenvalue weighted by atomic mass is 10.2. The van der Waals surface area contributed by atoms with Crippen LogP contribution in [-0.4, -0.2) is 43.8 Å². The Morgan fingerprint density at radius 3 is 2.59 bits per heavy atom. The molecule has 0 saturated carbocycles. The molecule has 0 aliphatic carbocycles. The van der Waals surface area contributed by atoms with Crippen LogP contribution in [0.4, 0.5) is 0 Å². The third kappa shape index (κ3) is 6.13. The molecule has 144 valence electrons. The summed E-state index contributed by atoms with van der Waals surface area (Å²) in [4.78, 5) is 16.4. The molecule has 1 aromatic carbocycles. The van der Waals surface area contributed by atoms with Gasteiger partial charge in [0, 0.05) is 24.7 Å². The number of sulfonamides is 1. The topological polar surface area (TPSA) is 103 Å². The number of amides is 1. The molecule has 0 aliphatic rings. The molecule has 1 N–H and O–H groups in total. The first kappa shape index (κ1) is 21.0. The number of aromatic nitrogens is 1. The van der Waals surface area contributed by atoms with Crippen LogP contribution in [0.15, 0.2) is 34.5 Å². The molecule has 0 unspecified atom stereocenters. The number of unbranched alkanes of at least 4 members (excludes halogenated alkanes) is 1. The molecule has 1 amide bonds. The van der Waals surface area contributed by atoms with Crippen molar-refractivity contribution in [3.63, 3.8) is 0 Å². The van der Waals surface area contributed by atoms with E-state index in [9.17, 15) is 13.2 Å². The molecule has 1 heterocycles. The molecule has 0 bridgehead atoms. The lowest BCUT2D eigenvalue weighted by Gasteiger charge is -2.17. The fourth-order valence-corrected chi connectivity index (χ4v) is 4.32. The smallest absolute Gasteiger partial charge is 0.243 e. The van der Waals surface area contributed by atoms with Gasteiger partial charge in [-0.1, -0.05) is 0 Å². The molecule has 1 aromatic heterocycles. The van der Waals surface area contributed by atoms with Gasteiger partial charge in [0.25, 0.3) is 0 Å². The maximum absolute atomic E-state index is 12.5. The molecule has 7 nitrogen and oxygen atoms in total. The Balaban J connectivity index is 1.75. The van der Waals surface area contributed by atoms with Crippen molar-refractivity contribution in [3.05, 3.63) is 45.9 Å². The van der Waals surface area contributed by atoms with Crippen LogP contribution in [0.1, 0.15) is 29.1 Å². The van der Waals surface area contributed by atoms with Crippen LogP contribution in [-0.2, 0) is 21.2 Å². The maximum atomic E-state index is 12.5. The van der Waals surface area contributed by atoms with Gasteiger partial charge in [-0.2, -0.15) is 9.57 Å². The van der Waals surface area contributed by atoms with Crippen LogP contribution in [0.2, 0.25) is 0 Å². The number of nitriles is 1. The van der Waals surface area contributed by atoms with Crippen molar-refractivity contribution < 1.29 is 13.2 Å². The maximum Gasteiger partial charge on any atom is 0.243 e. The van der Waals surface area contributed by atoms with Crippen LogP contribution in [0, 0.1) is 18.3 Å². The van der Waals surface area contributed by atoms with Gasteiger partial charge in [0.15, 0.2) is 0 Å². The van der Waals surface area contributed by atoms with E-state index in [1.807, 2.05) is 18.4 Å². The highest BCUT2D eigenvalue weighted by Gasteiger charge is 2.22. The number of benzene rings is 1. The predicted octanol–water partition coefficient (Wildman–Crippen LogP) is 2.08. The summed E-state index contributed by atoms with van der Waals surface area (Å²) in [5.74, 6) is -0.347. The summed E-state index contributed by atoms with van der Waals surface area (Å²) in [5.41, 5.74) is 1.40. The van der Waals surface area contributed by atoms with Gasteiger partial charge >= 0.3 is 0 Å². The molecule has 27 heavy (non-hydrogen) atoms. The largest absolute Gasteiger partial charge is 0.355 e. The van der Waals surface area contributed by atoms with Crippen LogP contribution in [0.3, 0.4) is 0 Å². The normalized spacial score (nSPS) is 11.3. The van der Waals surface area contributed by atoms with Crippen molar-refractivity contribution in [3.8, 4) is 6.07 Å². The van der Waals surface area contributed by atoms with Gasteiger partial charge in [0.05, 0.1) is 28.1 Å². The van der Waals surface area contributed by atoms with Crippen molar-refractivity contribution in [2.24, 2.45) is 0 Å². The van der Waals surface area contributed by atoms with E-state index in [4.69, 9.17) is 5.26 Å². The summed E-state index contributed by atoms with van der Waals surface area (Å²) < 4.78 is 25.9. The van der Waals surface area contributed by atoms with E-state index in [0.717, 1.165) is 34.3 Å². The minimum Gasteiger partial charge on any atom is -0.355 e. The molecular weight excluding hydrogens is 384 g/mol. The molecule has 2 aromatic rings. The third-order valence-corrected chi connectivity index (χ3v) is 6.71. The van der Waals surface area contributed by atoms with E-state index in [2.05, 4.69) is 10.3 Å². The van der Waals surface area contributed by atoms with E-state index in [-0.39, 0.29) is 17.3 Å². The third-order valence-electron chi connectivity index (χ3n) is 3.86. The van der Waals surface area contributed by atoms with Gasteiger partial charge in [-0.05, 0) is 50.5 Å². The Hall–Kier alpha value is -2.28. The van der Waals surface area contributed by atoms with E-state index < -0.39 is 10.0 Å². The fraction of sp³-hybridized carbons (Fsp3) is 0.389. The Bertz CT molecular complexity index is 915. The SMILES string of the molecule is Cc1csc(CCCCNC(=O)CN(C)S(=O)(=O)c2ccc(C#N)cc2)n1. The lowest BCUT2D eigenvalue weighted by molar-refractivity contribution is -0.121. The molecule has 0 spiro atoms. The molecule has 0 aliphatic heterocycles. The first-order chi connectivity index (χ1) is 12.8. The van der Waals surface area contributed by atoms with Crippen molar-refractivity contribution in [2.75, 3.05) is 20.1 Å². The van der Waals surface area contributed by atoms with Crippen molar-refractivity contribution in [1.82, 2.24) is 14.6 Å². The summed E-state index contributed by atoms with van der Waals surface area (Å²) in [7, 11) is -2.41. The Morgan fingerprint density at radius 2 is 2.00 bits per heavy atom. The van der Waals surface area contributed by atoms with Gasteiger partial charge < -0.3 is 5.32 Å². The fourth-order valence-electron chi connectivity index (χ4n) is 2.37. The molecule has 0 atom stereocenters. The second kappa shape index (κ2) is 9.60. The zero-order valence-electron chi connectivity index (χ0n) is 15.3. The molecule has 0 saturated heterocycles. The van der Waals surface area contributed by atoms with Crippen molar-refractivity contribution in [2.45, 2.75) is 31.1 Å². The number of hydrogen-bond acceptors (Lipinski definition) is 6. The van der Waals surface area contributed by atoms with E-state index in [1.54, 1.807) is 11.3 Å². The summed E-state index contributed by atoms with van der Waals surface area (Å²) in [6.45, 7) is 2.20. The van der Waals surface area contributed by atoms with E-state index in [0.29, 0.717) is 12.1 Å². The van der Waals surface area contributed by atoms with Gasteiger partial charge in [-0.3, -0.25) is 4.79 Å². The van der Waals surface area contributed by atoms with Gasteiger partial charge in [0.1, 0.15) is 0 Å². The average Bonchev–Trinajstić information content (AvgIpc) is 3.06. The van der Waals surface area contributed by atoms with Crippen LogP contribution in [0.5, 0.6) is 0 Å². The number of likely N-dealkylation sites (N-methyl/N-ethyl adjacent to an activating group) is 1. The quantitative estimate of drug-likeness (QED) is 0.642. The number of rotatable bonds is 9. The summed E-state index contributed by atoms with van der Waals surface area (Å²) >= 11 is 1.64. The van der Waals surface area contributed by atoms with Crippen molar-refractivity contribution in [1.29, 1.82) is 5.26 Å². The van der Waals surface area contributed by atoms with Crippen LogP contribution >= 0.6 is 11.3 Å². The highest BCUT2D eigenvalue weighted by atomic mass is 32.2. The minimum absolute atomic E-state index is 0.0514. The molecule has 9 heteroatoms. The van der Waals surface area contributed by atoms with Crippen molar-refractivity contribution >= 4 is 27.3 Å². The van der Waals surface area contributed by atoms with Gasteiger partial charge in [-0.15, -0.1) is 11.3 Å². The number of thiazole rings is 1. The zero-order chi connectivity index (χ0) is 19.9. The molecule has 0 fully saturated rings. The number of nitrogens with zero attached hydrogens (tertiary/aromatic N) is 3. The molecule has 2 rings (SSSR count). The molecular formula is C18H22N4O3S2. The summed E-state index contributed by atoms with van der Waals surface area (Å²) in [5, 5.41) is 14.6. The minimum atomic E-state index is -3.77. The molecule has 0 radical (unpaired) electrons. The van der Waals surface area contributed by atoms with E-state index >= 15 is 0 Å². The number of carbonyl (C=O) groups is 1. The Kier molecular flexibility index (Phi) is 7.47.